The van der Waals surface area contributed by atoms with Gasteiger partial charge < -0.3 is 15.3 Å². The third-order valence-corrected chi connectivity index (χ3v) is 9.56. The number of carbonyl (C=O) groups is 1. The number of sulfone groups is 1. The van der Waals surface area contributed by atoms with Gasteiger partial charge in [-0.2, -0.15) is 13.2 Å². The van der Waals surface area contributed by atoms with Gasteiger partial charge in [-0.1, -0.05) is 42.3 Å². The maximum absolute atomic E-state index is 13.3. The Labute approximate surface area is 240 Å². The Morgan fingerprint density at radius 2 is 1.95 bits per heavy atom. The van der Waals surface area contributed by atoms with Crippen LogP contribution in [-0.4, -0.2) is 65.3 Å². The maximum Gasteiger partial charge on any atom is 0.393 e. The highest BCUT2D eigenvalue weighted by Crippen LogP contribution is 2.36. The number of fused-ring (bicyclic) bond motifs is 1. The molecule has 2 aromatic rings. The van der Waals surface area contributed by atoms with Crippen LogP contribution in [0.15, 0.2) is 65.4 Å². The Morgan fingerprint density at radius 3 is 2.65 bits per heavy atom. The van der Waals surface area contributed by atoms with Gasteiger partial charge in [0, 0.05) is 46.0 Å². The standard InChI is InChI=1S/C27H28Cl2F3N3O4S/c1-17-12-19(28)5-7-24(17)40(38,39)16-26(37)14-18(15-27(30,31)32)25(36)35(26)11-3-2-9-33-22-8-10-34-23-13-20(29)4-6-21(22)23/h4-8,10,12-14,17,24,37H,2-3,9,11,15-16H2,1H3,(H,33,34). The smallest absolute Gasteiger partial charge is 0.384 e. The number of aliphatic hydroxyl groups is 1. The summed E-state index contributed by atoms with van der Waals surface area (Å²) >= 11 is 12.0. The number of benzene rings is 1. The zero-order valence-corrected chi connectivity index (χ0v) is 23.8. The predicted molar refractivity (Wildman–Crippen MR) is 150 cm³/mol. The molecule has 1 amide bonds. The number of unbranched alkanes of at least 4 members (excludes halogenated alkanes) is 1. The Morgan fingerprint density at radius 1 is 1.20 bits per heavy atom. The van der Waals surface area contributed by atoms with E-state index in [9.17, 15) is 31.5 Å². The van der Waals surface area contributed by atoms with Gasteiger partial charge in [0.15, 0.2) is 15.6 Å². The first kappa shape index (κ1) is 30.4. The van der Waals surface area contributed by atoms with E-state index in [1.165, 1.54) is 12.2 Å². The van der Waals surface area contributed by atoms with Gasteiger partial charge >= 0.3 is 6.18 Å². The molecule has 0 bridgehead atoms. The van der Waals surface area contributed by atoms with E-state index in [1.807, 2.05) is 6.07 Å². The van der Waals surface area contributed by atoms with Crippen LogP contribution >= 0.6 is 23.2 Å². The molecule has 0 saturated heterocycles. The number of hydrogen-bond donors (Lipinski definition) is 2. The van der Waals surface area contributed by atoms with E-state index in [0.717, 1.165) is 22.0 Å². The van der Waals surface area contributed by atoms with Crippen LogP contribution in [-0.2, 0) is 14.6 Å². The number of amides is 1. The Balaban J connectivity index is 1.45. The second-order valence-electron chi connectivity index (χ2n) is 9.99. The average Bonchev–Trinajstić information content (AvgIpc) is 3.05. The van der Waals surface area contributed by atoms with Crippen molar-refractivity contribution in [2.45, 2.75) is 43.3 Å². The maximum atomic E-state index is 13.3. The SMILES string of the molecule is CC1C=C(Cl)C=CC1S(=O)(=O)CC1(O)C=C(CC(F)(F)F)C(=O)N1CCCCNc1ccnc2cc(Cl)ccc12. The van der Waals surface area contributed by atoms with Gasteiger partial charge in [-0.05, 0) is 55.2 Å². The van der Waals surface area contributed by atoms with Crippen molar-refractivity contribution in [1.82, 2.24) is 9.88 Å². The molecule has 3 unspecified atom stereocenters. The number of nitrogens with one attached hydrogen (secondary N) is 1. The van der Waals surface area contributed by atoms with E-state index < -0.39 is 56.6 Å². The average molecular weight is 619 g/mol. The number of pyridine rings is 1. The number of allylic oxidation sites excluding steroid dienone is 3. The molecule has 2 aliphatic rings. The van der Waals surface area contributed by atoms with E-state index in [0.29, 0.717) is 35.0 Å². The minimum Gasteiger partial charge on any atom is -0.384 e. The summed E-state index contributed by atoms with van der Waals surface area (Å²) in [6, 6.07) is 7.09. The lowest BCUT2D eigenvalue weighted by molar-refractivity contribution is -0.145. The molecule has 0 fully saturated rings. The molecule has 3 atom stereocenters. The fourth-order valence-electron chi connectivity index (χ4n) is 5.02. The lowest BCUT2D eigenvalue weighted by atomic mass is 10.0. The van der Waals surface area contributed by atoms with Crippen LogP contribution in [0.2, 0.25) is 5.02 Å². The van der Waals surface area contributed by atoms with Crippen LogP contribution in [0.5, 0.6) is 0 Å². The van der Waals surface area contributed by atoms with Crippen molar-refractivity contribution in [2.24, 2.45) is 5.92 Å². The molecule has 13 heteroatoms. The van der Waals surface area contributed by atoms with Gasteiger partial charge in [0.2, 0.25) is 0 Å². The molecule has 0 spiro atoms. The molecule has 1 aromatic carbocycles. The van der Waals surface area contributed by atoms with Crippen LogP contribution in [0.4, 0.5) is 18.9 Å². The molecule has 1 aliphatic heterocycles. The summed E-state index contributed by atoms with van der Waals surface area (Å²) in [5.41, 5.74) is -1.59. The summed E-state index contributed by atoms with van der Waals surface area (Å²) in [5, 5.41) is 15.3. The van der Waals surface area contributed by atoms with Crippen LogP contribution in [0.25, 0.3) is 10.9 Å². The Bertz CT molecular complexity index is 1490. The fourth-order valence-corrected chi connectivity index (χ4v) is 7.53. The number of carbonyl (C=O) groups excluding carboxylic acids is 1. The van der Waals surface area contributed by atoms with Crippen molar-refractivity contribution < 1.29 is 31.5 Å². The number of anilines is 1. The summed E-state index contributed by atoms with van der Waals surface area (Å²) in [6.45, 7) is 1.94. The predicted octanol–water partition coefficient (Wildman–Crippen LogP) is 5.60. The zero-order valence-electron chi connectivity index (χ0n) is 21.5. The summed E-state index contributed by atoms with van der Waals surface area (Å²) in [7, 11) is -4.10. The topological polar surface area (TPSA) is 99.6 Å². The third kappa shape index (κ3) is 6.99. The summed E-state index contributed by atoms with van der Waals surface area (Å²) < 4.78 is 66.0. The van der Waals surface area contributed by atoms with Crippen LogP contribution in [0, 0.1) is 5.92 Å². The minimum absolute atomic E-state index is 0.140. The van der Waals surface area contributed by atoms with Crippen LogP contribution in [0.1, 0.15) is 26.2 Å². The van der Waals surface area contributed by atoms with Crippen molar-refractivity contribution >= 4 is 55.5 Å². The van der Waals surface area contributed by atoms with Crippen molar-refractivity contribution in [1.29, 1.82) is 0 Å². The first-order valence-corrected chi connectivity index (χ1v) is 15.0. The normalized spacial score (nSPS) is 23.5. The highest BCUT2D eigenvalue weighted by Gasteiger charge is 2.50. The lowest BCUT2D eigenvalue weighted by Crippen LogP contribution is -2.53. The van der Waals surface area contributed by atoms with E-state index in [1.54, 1.807) is 37.4 Å². The number of halogens is 5. The fraction of sp³-hybridized carbons (Fsp3) is 0.407. The van der Waals surface area contributed by atoms with Crippen molar-refractivity contribution in [2.75, 3.05) is 24.2 Å². The van der Waals surface area contributed by atoms with Crippen molar-refractivity contribution in [3.05, 3.63) is 70.4 Å². The molecule has 216 valence electrons. The van der Waals surface area contributed by atoms with Crippen molar-refractivity contribution in [3.63, 3.8) is 0 Å². The van der Waals surface area contributed by atoms with Gasteiger partial charge in [-0.3, -0.25) is 9.78 Å². The van der Waals surface area contributed by atoms with Gasteiger partial charge in [0.1, 0.15) is 5.75 Å². The Kier molecular flexibility index (Phi) is 8.89. The third-order valence-electron chi connectivity index (χ3n) is 6.83. The number of rotatable bonds is 10. The molecular weight excluding hydrogens is 590 g/mol. The Hall–Kier alpha value is -2.60. The molecule has 2 heterocycles. The monoisotopic (exact) mass is 617 g/mol. The molecule has 1 aromatic heterocycles. The summed E-state index contributed by atoms with van der Waals surface area (Å²) in [5.74, 6) is -2.50. The van der Waals surface area contributed by atoms with E-state index in [-0.39, 0.29) is 6.54 Å². The highest BCUT2D eigenvalue weighted by molar-refractivity contribution is 7.92. The molecule has 40 heavy (non-hydrogen) atoms. The first-order valence-electron chi connectivity index (χ1n) is 12.6. The molecule has 2 N–H and O–H groups in total. The highest BCUT2D eigenvalue weighted by atomic mass is 35.5. The molecule has 4 rings (SSSR count). The molecule has 7 nitrogen and oxygen atoms in total. The number of alkyl halides is 3. The largest absolute Gasteiger partial charge is 0.393 e. The summed E-state index contributed by atoms with van der Waals surface area (Å²) in [4.78, 5) is 18.1. The molecule has 1 aliphatic carbocycles. The van der Waals surface area contributed by atoms with Gasteiger partial charge in [0.25, 0.3) is 5.91 Å². The van der Waals surface area contributed by atoms with Gasteiger partial charge in [0.05, 0.1) is 17.2 Å². The lowest BCUT2D eigenvalue weighted by Gasteiger charge is -2.34. The zero-order chi connectivity index (χ0) is 29.3. The second kappa shape index (κ2) is 11.7. The number of aromatic nitrogens is 1. The first-order chi connectivity index (χ1) is 18.7. The van der Waals surface area contributed by atoms with Gasteiger partial charge in [-0.25, -0.2) is 8.42 Å². The number of nitrogens with zero attached hydrogens (tertiary/aromatic N) is 2. The minimum atomic E-state index is -4.71. The van der Waals surface area contributed by atoms with E-state index >= 15 is 0 Å². The molecule has 0 saturated carbocycles. The molecule has 0 radical (unpaired) electrons. The number of hydrogen-bond acceptors (Lipinski definition) is 6. The van der Waals surface area contributed by atoms with Crippen LogP contribution in [0.3, 0.4) is 0 Å². The van der Waals surface area contributed by atoms with Gasteiger partial charge in [-0.15, -0.1) is 0 Å². The molecular formula is C27H28Cl2F3N3O4S. The van der Waals surface area contributed by atoms with E-state index in [4.69, 9.17) is 23.2 Å². The quantitative estimate of drug-likeness (QED) is 0.337. The van der Waals surface area contributed by atoms with Crippen LogP contribution < -0.4 is 5.32 Å². The van der Waals surface area contributed by atoms with E-state index in [2.05, 4.69) is 10.3 Å². The van der Waals surface area contributed by atoms with Crippen molar-refractivity contribution in [3.8, 4) is 0 Å². The second-order valence-corrected chi connectivity index (χ2v) is 13.0. The summed E-state index contributed by atoms with van der Waals surface area (Å²) in [6.07, 6.45) is 1.22.